The van der Waals surface area contributed by atoms with Gasteiger partial charge in [0.2, 0.25) is 0 Å². The van der Waals surface area contributed by atoms with E-state index >= 15 is 0 Å². The van der Waals surface area contributed by atoms with Crippen LogP contribution < -0.4 is 5.73 Å². The zero-order valence-corrected chi connectivity index (χ0v) is 12.9. The lowest BCUT2D eigenvalue weighted by atomic mass is 10.2. The Hall–Kier alpha value is -1.44. The Balaban J connectivity index is 2.02. The molecule has 21 heavy (non-hydrogen) atoms. The summed E-state index contributed by atoms with van der Waals surface area (Å²) in [4.78, 5) is 2.32. The van der Waals surface area contributed by atoms with Crippen molar-refractivity contribution in [3.63, 3.8) is 0 Å². The summed E-state index contributed by atoms with van der Waals surface area (Å²) in [7, 11) is -1.68. The molecule has 0 bridgehead atoms. The van der Waals surface area contributed by atoms with Crippen molar-refractivity contribution < 1.29 is 13.2 Å². The van der Waals surface area contributed by atoms with Gasteiger partial charge >= 0.3 is 0 Å². The maximum atomic E-state index is 12.3. The van der Waals surface area contributed by atoms with Crippen molar-refractivity contribution >= 4 is 15.7 Å². The number of hydrogen-bond donors (Lipinski definition) is 2. The number of amidine groups is 1. The van der Waals surface area contributed by atoms with E-state index < -0.39 is 9.84 Å². The zero-order chi connectivity index (χ0) is 15.5. The van der Waals surface area contributed by atoms with Crippen LogP contribution in [0.5, 0.6) is 0 Å². The molecule has 2 rings (SSSR count). The number of ether oxygens (including phenoxy) is 1. The third-order valence-corrected chi connectivity index (χ3v) is 5.44. The first-order valence-corrected chi connectivity index (χ1v) is 8.50. The van der Waals surface area contributed by atoms with E-state index in [1.165, 1.54) is 6.07 Å². The van der Waals surface area contributed by atoms with E-state index in [4.69, 9.17) is 15.9 Å². The van der Waals surface area contributed by atoms with E-state index in [1.807, 2.05) is 0 Å². The van der Waals surface area contributed by atoms with Crippen LogP contribution in [0.25, 0.3) is 0 Å². The van der Waals surface area contributed by atoms with Crippen LogP contribution in [-0.4, -0.2) is 57.8 Å². The second kappa shape index (κ2) is 6.55. The summed E-state index contributed by atoms with van der Waals surface area (Å²) in [5.41, 5.74) is 5.82. The van der Waals surface area contributed by atoms with Crippen LogP contribution in [0.4, 0.5) is 0 Å². The molecule has 0 spiro atoms. The quantitative estimate of drug-likeness (QED) is 0.588. The summed E-state index contributed by atoms with van der Waals surface area (Å²) in [6.07, 6.45) is 1.14. The van der Waals surface area contributed by atoms with Crippen molar-refractivity contribution in [1.82, 2.24) is 4.90 Å². The Morgan fingerprint density at radius 1 is 1.52 bits per heavy atom. The predicted octanol–water partition coefficient (Wildman–Crippen LogP) is 0.465. The molecule has 0 saturated carbocycles. The fourth-order valence-corrected chi connectivity index (χ4v) is 3.74. The largest absolute Gasteiger partial charge is 0.384 e. The minimum absolute atomic E-state index is 0.0603. The lowest BCUT2D eigenvalue weighted by Gasteiger charge is -2.15. The molecule has 0 aliphatic carbocycles. The van der Waals surface area contributed by atoms with E-state index in [0.29, 0.717) is 12.1 Å². The van der Waals surface area contributed by atoms with Crippen LogP contribution in [0, 0.1) is 5.41 Å². The van der Waals surface area contributed by atoms with Crippen molar-refractivity contribution in [3.05, 3.63) is 29.8 Å². The molecule has 1 aliphatic heterocycles. The van der Waals surface area contributed by atoms with E-state index in [-0.39, 0.29) is 22.6 Å². The van der Waals surface area contributed by atoms with Crippen LogP contribution in [0.15, 0.2) is 29.2 Å². The summed E-state index contributed by atoms with van der Waals surface area (Å²) in [5, 5.41) is 7.38. The van der Waals surface area contributed by atoms with Crippen molar-refractivity contribution in [2.45, 2.75) is 17.4 Å². The highest BCUT2D eigenvalue weighted by Gasteiger charge is 2.24. The molecular formula is C14H21N3O3S. The maximum Gasteiger partial charge on any atom is 0.179 e. The van der Waals surface area contributed by atoms with Gasteiger partial charge in [-0.15, -0.1) is 0 Å². The molecule has 3 N–H and O–H groups in total. The smallest absolute Gasteiger partial charge is 0.179 e. The van der Waals surface area contributed by atoms with Gasteiger partial charge in [0.1, 0.15) is 5.84 Å². The van der Waals surface area contributed by atoms with Gasteiger partial charge in [-0.05, 0) is 18.6 Å². The van der Waals surface area contributed by atoms with Crippen molar-refractivity contribution in [2.75, 3.05) is 32.5 Å². The maximum absolute atomic E-state index is 12.3. The number of likely N-dealkylation sites (tertiary alicyclic amines) is 1. The number of sulfone groups is 1. The Morgan fingerprint density at radius 2 is 2.29 bits per heavy atom. The topological polar surface area (TPSA) is 96.5 Å². The molecule has 1 aromatic rings. The molecule has 1 atom stereocenters. The molecular weight excluding hydrogens is 290 g/mol. The summed E-state index contributed by atoms with van der Waals surface area (Å²) in [5.74, 6) is -0.0698. The van der Waals surface area contributed by atoms with Gasteiger partial charge in [0, 0.05) is 32.3 Å². The number of rotatable bonds is 6. The average Bonchev–Trinajstić information content (AvgIpc) is 2.93. The number of benzene rings is 1. The first-order chi connectivity index (χ1) is 9.92. The second-order valence-electron chi connectivity index (χ2n) is 5.21. The fourth-order valence-electron chi connectivity index (χ4n) is 2.42. The molecule has 1 fully saturated rings. The number of nitrogens with one attached hydrogen (secondary N) is 1. The first-order valence-electron chi connectivity index (χ1n) is 6.85. The van der Waals surface area contributed by atoms with Gasteiger partial charge in [0.05, 0.1) is 16.8 Å². The first kappa shape index (κ1) is 15.9. The van der Waals surface area contributed by atoms with Gasteiger partial charge in [-0.2, -0.15) is 0 Å². The fraction of sp³-hybridized carbons (Fsp3) is 0.500. The summed E-state index contributed by atoms with van der Waals surface area (Å²) < 4.78 is 30.0. The van der Waals surface area contributed by atoms with Crippen LogP contribution in [0.2, 0.25) is 0 Å². The molecule has 0 aromatic heterocycles. The van der Waals surface area contributed by atoms with E-state index in [2.05, 4.69) is 4.90 Å². The van der Waals surface area contributed by atoms with E-state index in [0.717, 1.165) is 19.5 Å². The summed E-state index contributed by atoms with van der Waals surface area (Å²) in [6, 6.07) is 6.24. The molecule has 1 saturated heterocycles. The Morgan fingerprint density at radius 3 is 2.90 bits per heavy atom. The van der Waals surface area contributed by atoms with Gasteiger partial charge in [-0.1, -0.05) is 12.1 Å². The molecule has 1 aliphatic rings. The predicted molar refractivity (Wildman–Crippen MR) is 81.4 cm³/mol. The lowest BCUT2D eigenvalue weighted by Crippen LogP contribution is -2.28. The van der Waals surface area contributed by atoms with Crippen molar-refractivity contribution in [2.24, 2.45) is 5.73 Å². The summed E-state index contributed by atoms with van der Waals surface area (Å²) in [6.45, 7) is 2.13. The average molecular weight is 311 g/mol. The lowest BCUT2D eigenvalue weighted by molar-refractivity contribution is 0.109. The number of methoxy groups -OCH3 is 1. The standard InChI is InChI=1S/C14H21N3O3S/c1-20-12-5-6-17(10-12)7-8-21(18,19)13-4-2-3-11(9-13)14(15)16/h2-4,9,12H,5-8,10H2,1H3,(H3,15,16). The highest BCUT2D eigenvalue weighted by molar-refractivity contribution is 7.91. The molecule has 116 valence electrons. The second-order valence-corrected chi connectivity index (χ2v) is 7.32. The van der Waals surface area contributed by atoms with Gasteiger partial charge in [-0.3, -0.25) is 10.3 Å². The Labute approximate surface area is 125 Å². The van der Waals surface area contributed by atoms with E-state index in [9.17, 15) is 8.42 Å². The normalized spacial score (nSPS) is 19.8. The van der Waals surface area contributed by atoms with Gasteiger partial charge < -0.3 is 10.5 Å². The van der Waals surface area contributed by atoms with Crippen molar-refractivity contribution in [1.29, 1.82) is 5.41 Å². The van der Waals surface area contributed by atoms with Gasteiger partial charge in [-0.25, -0.2) is 8.42 Å². The van der Waals surface area contributed by atoms with Gasteiger partial charge in [0.25, 0.3) is 0 Å². The Bertz CT molecular complexity index is 616. The number of hydrogen-bond acceptors (Lipinski definition) is 5. The van der Waals surface area contributed by atoms with Crippen LogP contribution >= 0.6 is 0 Å². The number of nitrogens with zero attached hydrogens (tertiary/aromatic N) is 1. The highest BCUT2D eigenvalue weighted by atomic mass is 32.2. The third-order valence-electron chi connectivity index (χ3n) is 3.74. The molecule has 1 aromatic carbocycles. The number of nitrogen functional groups attached to an aromatic ring is 1. The molecule has 7 heteroatoms. The molecule has 0 radical (unpaired) electrons. The molecule has 1 heterocycles. The molecule has 1 unspecified atom stereocenters. The SMILES string of the molecule is COC1CCN(CCS(=O)(=O)c2cccc(C(=N)N)c2)C1. The van der Waals surface area contributed by atoms with Crippen molar-refractivity contribution in [3.8, 4) is 0 Å². The Kier molecular flexibility index (Phi) is 4.97. The minimum atomic E-state index is -3.36. The highest BCUT2D eigenvalue weighted by Crippen LogP contribution is 2.16. The van der Waals surface area contributed by atoms with Crippen LogP contribution in [0.3, 0.4) is 0 Å². The third kappa shape index (κ3) is 4.03. The zero-order valence-electron chi connectivity index (χ0n) is 12.1. The summed E-state index contributed by atoms with van der Waals surface area (Å²) >= 11 is 0. The van der Waals surface area contributed by atoms with Crippen LogP contribution in [0.1, 0.15) is 12.0 Å². The molecule has 0 amide bonds. The monoisotopic (exact) mass is 311 g/mol. The van der Waals surface area contributed by atoms with Crippen LogP contribution in [-0.2, 0) is 14.6 Å². The van der Waals surface area contributed by atoms with E-state index in [1.54, 1.807) is 25.3 Å². The molecule has 6 nitrogen and oxygen atoms in total. The van der Waals surface area contributed by atoms with Gasteiger partial charge in [0.15, 0.2) is 9.84 Å². The number of nitrogens with two attached hydrogens (primary N) is 1. The minimum Gasteiger partial charge on any atom is -0.384 e.